The molecule has 1 unspecified atom stereocenters. The summed E-state index contributed by atoms with van der Waals surface area (Å²) in [6, 6.07) is 4.31. The molecule has 3 heterocycles. The van der Waals surface area contributed by atoms with Crippen LogP contribution in [0.1, 0.15) is 12.0 Å². The molecule has 0 aromatic carbocycles. The number of carbonyl (C=O) groups is 1. The highest BCUT2D eigenvalue weighted by Gasteiger charge is 2.16. The summed E-state index contributed by atoms with van der Waals surface area (Å²) in [7, 11) is 0. The molecule has 1 fully saturated rings. The molecule has 2 aromatic rings. The molecule has 0 saturated carbocycles. The summed E-state index contributed by atoms with van der Waals surface area (Å²) >= 11 is 1.91. The molecule has 1 amide bonds. The third kappa shape index (κ3) is 3.32. The summed E-state index contributed by atoms with van der Waals surface area (Å²) in [4.78, 5) is 16.2. The van der Waals surface area contributed by atoms with Crippen molar-refractivity contribution in [1.82, 2.24) is 20.0 Å². The molecule has 2 aromatic heterocycles. The smallest absolute Gasteiger partial charge is 0.221 e. The van der Waals surface area contributed by atoms with E-state index in [2.05, 4.69) is 15.6 Å². The molecule has 6 heteroatoms. The summed E-state index contributed by atoms with van der Waals surface area (Å²) < 4.78 is 1.95. The van der Waals surface area contributed by atoms with Crippen molar-refractivity contribution in [2.24, 2.45) is 0 Å². The second-order valence-electron chi connectivity index (χ2n) is 4.93. The minimum atomic E-state index is 0.105. The molecule has 1 aliphatic rings. The maximum Gasteiger partial charge on any atom is 0.221 e. The quantitative estimate of drug-likeness (QED) is 0.883. The average molecular weight is 290 g/mol. The highest BCUT2D eigenvalue weighted by molar-refractivity contribution is 7.99. The SMILES string of the molecule is O=C(CC1CSCCN1)NCc1ccn2ccnc2c1. The number of nitrogens with one attached hydrogen (secondary N) is 2. The number of rotatable bonds is 4. The fraction of sp³-hybridized carbons (Fsp3) is 0.429. The average Bonchev–Trinajstić information content (AvgIpc) is 2.93. The van der Waals surface area contributed by atoms with Gasteiger partial charge in [0.2, 0.25) is 5.91 Å². The van der Waals surface area contributed by atoms with Gasteiger partial charge in [-0.3, -0.25) is 4.79 Å². The molecule has 0 aliphatic carbocycles. The number of amides is 1. The van der Waals surface area contributed by atoms with Crippen molar-refractivity contribution in [3.63, 3.8) is 0 Å². The summed E-state index contributed by atoms with van der Waals surface area (Å²) in [5.74, 6) is 2.27. The lowest BCUT2D eigenvalue weighted by atomic mass is 10.2. The lowest BCUT2D eigenvalue weighted by molar-refractivity contribution is -0.121. The molecule has 3 rings (SSSR count). The fourth-order valence-corrected chi connectivity index (χ4v) is 3.26. The number of imidazole rings is 1. The Morgan fingerprint density at radius 2 is 2.50 bits per heavy atom. The zero-order valence-electron chi connectivity index (χ0n) is 11.2. The normalized spacial score (nSPS) is 19.1. The zero-order valence-corrected chi connectivity index (χ0v) is 12.0. The first-order valence-electron chi connectivity index (χ1n) is 6.81. The van der Waals surface area contributed by atoms with Gasteiger partial charge in [-0.25, -0.2) is 4.98 Å². The topological polar surface area (TPSA) is 58.4 Å². The molecule has 1 saturated heterocycles. The van der Waals surface area contributed by atoms with E-state index in [0.29, 0.717) is 19.0 Å². The van der Waals surface area contributed by atoms with Crippen molar-refractivity contribution >= 4 is 23.3 Å². The van der Waals surface area contributed by atoms with Gasteiger partial charge >= 0.3 is 0 Å². The second kappa shape index (κ2) is 6.28. The number of fused-ring (bicyclic) bond motifs is 1. The van der Waals surface area contributed by atoms with Crippen molar-refractivity contribution < 1.29 is 4.79 Å². The predicted molar refractivity (Wildman–Crippen MR) is 80.8 cm³/mol. The van der Waals surface area contributed by atoms with Gasteiger partial charge in [0.05, 0.1) is 0 Å². The first kappa shape index (κ1) is 13.5. The highest BCUT2D eigenvalue weighted by Crippen LogP contribution is 2.10. The van der Waals surface area contributed by atoms with Crippen LogP contribution in [0.15, 0.2) is 30.7 Å². The van der Waals surface area contributed by atoms with E-state index in [9.17, 15) is 4.79 Å². The monoisotopic (exact) mass is 290 g/mol. The largest absolute Gasteiger partial charge is 0.352 e. The summed E-state index contributed by atoms with van der Waals surface area (Å²) in [6.45, 7) is 1.56. The standard InChI is InChI=1S/C14H18N4OS/c19-14(8-12-10-20-6-3-15-12)17-9-11-1-4-18-5-2-16-13(18)7-11/h1-2,4-5,7,12,15H,3,6,8-10H2,(H,17,19). The van der Waals surface area contributed by atoms with Crippen molar-refractivity contribution in [2.75, 3.05) is 18.1 Å². The van der Waals surface area contributed by atoms with Gasteiger partial charge in [-0.05, 0) is 17.7 Å². The molecule has 0 bridgehead atoms. The lowest BCUT2D eigenvalue weighted by Crippen LogP contribution is -2.41. The van der Waals surface area contributed by atoms with E-state index in [1.165, 1.54) is 0 Å². The van der Waals surface area contributed by atoms with E-state index in [1.54, 1.807) is 6.20 Å². The third-order valence-corrected chi connectivity index (χ3v) is 4.51. The number of thioether (sulfide) groups is 1. The minimum Gasteiger partial charge on any atom is -0.352 e. The molecule has 1 aliphatic heterocycles. The molecular weight excluding hydrogens is 272 g/mol. The van der Waals surface area contributed by atoms with Crippen molar-refractivity contribution in [3.8, 4) is 0 Å². The van der Waals surface area contributed by atoms with Crippen LogP contribution in [-0.4, -0.2) is 39.4 Å². The number of carbonyl (C=O) groups excluding carboxylic acids is 1. The Labute approximate surface area is 122 Å². The van der Waals surface area contributed by atoms with E-state index in [0.717, 1.165) is 29.3 Å². The minimum absolute atomic E-state index is 0.105. The molecule has 2 N–H and O–H groups in total. The first-order valence-corrected chi connectivity index (χ1v) is 7.96. The van der Waals surface area contributed by atoms with Crippen LogP contribution in [0.4, 0.5) is 0 Å². The number of aromatic nitrogens is 2. The van der Waals surface area contributed by atoms with Crippen LogP contribution in [0.2, 0.25) is 0 Å². The van der Waals surface area contributed by atoms with Crippen LogP contribution in [0.3, 0.4) is 0 Å². The van der Waals surface area contributed by atoms with Gasteiger partial charge in [-0.15, -0.1) is 0 Å². The van der Waals surface area contributed by atoms with Gasteiger partial charge in [-0.2, -0.15) is 11.8 Å². The zero-order chi connectivity index (χ0) is 13.8. The Morgan fingerprint density at radius 1 is 1.55 bits per heavy atom. The Balaban J connectivity index is 1.51. The number of nitrogens with zero attached hydrogens (tertiary/aromatic N) is 2. The number of pyridine rings is 1. The second-order valence-corrected chi connectivity index (χ2v) is 6.08. The molecule has 0 radical (unpaired) electrons. The Hall–Kier alpha value is -1.53. The molecule has 106 valence electrons. The van der Waals surface area contributed by atoms with Crippen LogP contribution >= 0.6 is 11.8 Å². The van der Waals surface area contributed by atoms with Crippen LogP contribution < -0.4 is 10.6 Å². The summed E-state index contributed by atoms with van der Waals surface area (Å²) in [5, 5.41) is 6.35. The van der Waals surface area contributed by atoms with E-state index in [4.69, 9.17) is 0 Å². The molecular formula is C14H18N4OS. The van der Waals surface area contributed by atoms with E-state index >= 15 is 0 Å². The van der Waals surface area contributed by atoms with Crippen LogP contribution in [-0.2, 0) is 11.3 Å². The molecule has 0 spiro atoms. The highest BCUT2D eigenvalue weighted by atomic mass is 32.2. The predicted octanol–water partition coefficient (Wildman–Crippen LogP) is 1.05. The van der Waals surface area contributed by atoms with E-state index in [-0.39, 0.29) is 5.91 Å². The van der Waals surface area contributed by atoms with Gasteiger partial charge in [0, 0.05) is 55.6 Å². The van der Waals surface area contributed by atoms with Crippen molar-refractivity contribution in [3.05, 3.63) is 36.3 Å². The van der Waals surface area contributed by atoms with Crippen molar-refractivity contribution in [1.29, 1.82) is 0 Å². The lowest BCUT2D eigenvalue weighted by Gasteiger charge is -2.22. The Bertz CT molecular complexity index is 592. The fourth-order valence-electron chi connectivity index (χ4n) is 2.31. The molecule has 5 nitrogen and oxygen atoms in total. The van der Waals surface area contributed by atoms with Crippen LogP contribution in [0.25, 0.3) is 5.65 Å². The van der Waals surface area contributed by atoms with Gasteiger partial charge in [0.15, 0.2) is 0 Å². The maximum absolute atomic E-state index is 11.9. The van der Waals surface area contributed by atoms with Gasteiger partial charge in [-0.1, -0.05) is 0 Å². The summed E-state index contributed by atoms with van der Waals surface area (Å²) in [6.07, 6.45) is 6.19. The van der Waals surface area contributed by atoms with E-state index < -0.39 is 0 Å². The molecule has 20 heavy (non-hydrogen) atoms. The Kier molecular flexibility index (Phi) is 4.22. The van der Waals surface area contributed by atoms with Gasteiger partial charge in [0.25, 0.3) is 0 Å². The Morgan fingerprint density at radius 3 is 3.35 bits per heavy atom. The third-order valence-electron chi connectivity index (χ3n) is 3.38. The summed E-state index contributed by atoms with van der Waals surface area (Å²) in [5.41, 5.74) is 1.98. The first-order chi connectivity index (χ1) is 9.81. The number of hydrogen-bond acceptors (Lipinski definition) is 4. The van der Waals surface area contributed by atoms with Crippen LogP contribution in [0.5, 0.6) is 0 Å². The van der Waals surface area contributed by atoms with Crippen molar-refractivity contribution in [2.45, 2.75) is 19.0 Å². The number of hydrogen-bond donors (Lipinski definition) is 2. The van der Waals surface area contributed by atoms with Gasteiger partial charge < -0.3 is 15.0 Å². The molecule has 1 atom stereocenters. The van der Waals surface area contributed by atoms with E-state index in [1.807, 2.05) is 40.7 Å². The van der Waals surface area contributed by atoms with Gasteiger partial charge in [0.1, 0.15) is 5.65 Å². The van der Waals surface area contributed by atoms with Crippen LogP contribution in [0, 0.1) is 0 Å². The maximum atomic E-state index is 11.9.